The molecule has 1 unspecified atom stereocenters. The van der Waals surface area contributed by atoms with Crippen molar-refractivity contribution >= 4 is 39.9 Å². The van der Waals surface area contributed by atoms with Gasteiger partial charge in [0.25, 0.3) is 5.56 Å². The number of likely N-dealkylation sites (tertiary alicyclic amines) is 1. The Morgan fingerprint density at radius 2 is 1.93 bits per heavy atom. The summed E-state index contributed by atoms with van der Waals surface area (Å²) in [6, 6.07) is 9.54. The molecule has 7 rings (SSSR count). The number of hydrogen-bond donors (Lipinski definition) is 2. The number of carbonyl (C=O) groups excluding carboxylic acids is 1. The van der Waals surface area contributed by atoms with Crippen LogP contribution in [0.5, 0.6) is 5.75 Å². The second-order valence-electron chi connectivity index (χ2n) is 11.6. The van der Waals surface area contributed by atoms with Crippen molar-refractivity contribution < 1.29 is 9.53 Å². The van der Waals surface area contributed by atoms with Gasteiger partial charge in [0.15, 0.2) is 10.8 Å². The van der Waals surface area contributed by atoms with E-state index in [1.54, 1.807) is 25.4 Å². The maximum Gasteiger partial charge on any atom is 0.269 e. The number of hydrogen-bond acceptors (Lipinski definition) is 10. The smallest absolute Gasteiger partial charge is 0.269 e. The highest BCUT2D eigenvalue weighted by atomic mass is 32.1. The van der Waals surface area contributed by atoms with Crippen LogP contribution in [0, 0.1) is 0 Å². The molecule has 2 saturated heterocycles. The van der Waals surface area contributed by atoms with E-state index in [1.807, 2.05) is 52.4 Å². The molecular weight excluding hydrogens is 590 g/mol. The first kappa shape index (κ1) is 29.1. The summed E-state index contributed by atoms with van der Waals surface area (Å²) in [6.45, 7) is 4.95. The Labute approximate surface area is 264 Å². The van der Waals surface area contributed by atoms with Gasteiger partial charge >= 0.3 is 0 Å². The first-order valence-corrected chi connectivity index (χ1v) is 16.2. The fourth-order valence-electron chi connectivity index (χ4n) is 6.11. The third-order valence-corrected chi connectivity index (χ3v) is 9.23. The number of pyridine rings is 1. The molecule has 6 heterocycles. The highest BCUT2D eigenvalue weighted by Gasteiger charge is 2.27. The van der Waals surface area contributed by atoms with Gasteiger partial charge in [-0.15, -0.1) is 11.3 Å². The van der Waals surface area contributed by atoms with Crippen LogP contribution < -0.4 is 20.9 Å². The Kier molecular flexibility index (Phi) is 8.03. The number of aromatic nitrogens is 6. The third kappa shape index (κ3) is 6.05. The second-order valence-corrected chi connectivity index (χ2v) is 12.5. The van der Waals surface area contributed by atoms with Crippen LogP contribution in [0.3, 0.4) is 0 Å². The van der Waals surface area contributed by atoms with Crippen LogP contribution in [0.2, 0.25) is 0 Å². The number of rotatable bonds is 7. The summed E-state index contributed by atoms with van der Waals surface area (Å²) in [4.78, 5) is 46.8. The number of nitrogens with one attached hydrogen (secondary N) is 2. The van der Waals surface area contributed by atoms with Crippen LogP contribution >= 0.6 is 11.3 Å². The maximum atomic E-state index is 14.2. The highest BCUT2D eigenvalue weighted by Crippen LogP contribution is 2.30. The van der Waals surface area contributed by atoms with Crippen molar-refractivity contribution in [2.75, 3.05) is 31.5 Å². The fraction of sp³-hybridized carbons (Fsp3) is 0.375. The molecule has 1 atom stereocenters. The number of amides is 1. The van der Waals surface area contributed by atoms with E-state index < -0.39 is 0 Å². The zero-order chi connectivity index (χ0) is 30.9. The Hall–Kier alpha value is -4.62. The van der Waals surface area contributed by atoms with Gasteiger partial charge < -0.3 is 24.8 Å². The summed E-state index contributed by atoms with van der Waals surface area (Å²) < 4.78 is 9.54. The summed E-state index contributed by atoms with van der Waals surface area (Å²) >= 11 is 1.36. The molecule has 2 fully saturated rings. The van der Waals surface area contributed by atoms with Crippen LogP contribution in [0.4, 0.5) is 11.6 Å². The molecule has 5 aromatic rings. The Morgan fingerprint density at radius 3 is 2.69 bits per heavy atom. The molecule has 4 aromatic heterocycles. The number of anilines is 2. The van der Waals surface area contributed by atoms with E-state index in [9.17, 15) is 9.59 Å². The zero-order valence-electron chi connectivity index (χ0n) is 25.3. The Morgan fingerprint density at radius 1 is 1.11 bits per heavy atom. The van der Waals surface area contributed by atoms with Gasteiger partial charge in [0.05, 0.1) is 11.3 Å². The summed E-state index contributed by atoms with van der Waals surface area (Å²) in [6.07, 6.45) is 9.43. The van der Waals surface area contributed by atoms with E-state index in [0.29, 0.717) is 40.0 Å². The molecule has 0 radical (unpaired) electrons. The zero-order valence-corrected chi connectivity index (χ0v) is 26.1. The number of benzene rings is 1. The number of aryl methyl sites for hydroxylation is 1. The molecule has 2 N–H and O–H groups in total. The van der Waals surface area contributed by atoms with Crippen molar-refractivity contribution in [1.29, 1.82) is 0 Å². The molecule has 13 heteroatoms. The number of thiazole rings is 1. The average Bonchev–Trinajstić information content (AvgIpc) is 3.72. The van der Waals surface area contributed by atoms with Crippen LogP contribution in [0.15, 0.2) is 59.1 Å². The van der Waals surface area contributed by atoms with E-state index in [2.05, 4.69) is 20.6 Å². The molecular formula is C32H35N9O3S. The van der Waals surface area contributed by atoms with Gasteiger partial charge in [0.2, 0.25) is 11.9 Å². The SMILES string of the molecule is CC(=O)N1CCCC(c2cn(C)c(-c3cc4cnc(Nc5ccc(OC6CCNCC6)cc5)nc4n(-c4nccs4)c3=O)n2)C1. The molecule has 45 heavy (non-hydrogen) atoms. The molecule has 0 aliphatic carbocycles. The van der Waals surface area contributed by atoms with Crippen molar-refractivity contribution in [2.45, 2.75) is 44.6 Å². The van der Waals surface area contributed by atoms with Gasteiger partial charge in [-0.25, -0.2) is 19.5 Å². The normalized spacial score (nSPS) is 17.5. The first-order chi connectivity index (χ1) is 21.9. The minimum absolute atomic E-state index is 0.0734. The lowest BCUT2D eigenvalue weighted by atomic mass is 9.95. The fourth-order valence-corrected chi connectivity index (χ4v) is 6.75. The van der Waals surface area contributed by atoms with Gasteiger partial charge in [0, 0.05) is 68.0 Å². The molecule has 2 aliphatic rings. The number of imidazole rings is 1. The molecule has 12 nitrogen and oxygen atoms in total. The van der Waals surface area contributed by atoms with Crippen molar-refractivity contribution in [3.63, 3.8) is 0 Å². The molecule has 2 aliphatic heterocycles. The van der Waals surface area contributed by atoms with E-state index >= 15 is 0 Å². The molecule has 232 valence electrons. The first-order valence-electron chi connectivity index (χ1n) is 15.3. The van der Waals surface area contributed by atoms with Gasteiger partial charge in [-0.1, -0.05) is 0 Å². The van der Waals surface area contributed by atoms with Gasteiger partial charge in [-0.3, -0.25) is 9.59 Å². The molecule has 1 amide bonds. The number of piperidine rings is 2. The largest absolute Gasteiger partial charge is 0.490 e. The lowest BCUT2D eigenvalue weighted by molar-refractivity contribution is -0.130. The average molecular weight is 626 g/mol. The molecule has 0 bridgehead atoms. The van der Waals surface area contributed by atoms with E-state index in [0.717, 1.165) is 62.4 Å². The summed E-state index contributed by atoms with van der Waals surface area (Å²) in [5.74, 6) is 1.93. The van der Waals surface area contributed by atoms with Crippen molar-refractivity contribution in [1.82, 2.24) is 39.3 Å². The van der Waals surface area contributed by atoms with Gasteiger partial charge in [-0.05, 0) is 69.1 Å². The highest BCUT2D eigenvalue weighted by molar-refractivity contribution is 7.12. The lowest BCUT2D eigenvalue weighted by Gasteiger charge is -2.31. The number of nitrogens with zero attached hydrogens (tertiary/aromatic N) is 7. The Bertz CT molecular complexity index is 1880. The van der Waals surface area contributed by atoms with E-state index in [4.69, 9.17) is 14.7 Å². The number of ether oxygens (including phenoxy) is 1. The predicted molar refractivity (Wildman–Crippen MR) is 173 cm³/mol. The van der Waals surface area contributed by atoms with Gasteiger partial charge in [0.1, 0.15) is 17.7 Å². The van der Waals surface area contributed by atoms with Crippen molar-refractivity contribution in [2.24, 2.45) is 7.05 Å². The third-order valence-electron chi connectivity index (χ3n) is 8.47. The monoisotopic (exact) mass is 625 g/mol. The topological polar surface area (TPSA) is 132 Å². The second kappa shape index (κ2) is 12.4. The summed E-state index contributed by atoms with van der Waals surface area (Å²) in [5.41, 5.74) is 2.29. The van der Waals surface area contributed by atoms with E-state index in [1.165, 1.54) is 15.9 Å². The predicted octanol–water partition coefficient (Wildman–Crippen LogP) is 4.24. The number of fused-ring (bicyclic) bond motifs is 1. The minimum Gasteiger partial charge on any atom is -0.490 e. The maximum absolute atomic E-state index is 14.2. The van der Waals surface area contributed by atoms with Crippen molar-refractivity contribution in [3.8, 4) is 22.3 Å². The standard InChI is InChI=1S/C32H35N9O3S/c1-20(42)40-14-3-4-21(18-40)27-19-39(2)29(37-27)26-16-22-17-35-31(38-28(22)41(30(26)43)32-34-13-15-45-32)36-23-5-7-24(8-6-23)44-25-9-11-33-12-10-25/h5-8,13,15-17,19,21,25,33H,3-4,9-12,14,18H2,1-2H3,(H,35,36,38). The van der Waals surface area contributed by atoms with E-state index in [-0.39, 0.29) is 23.5 Å². The molecule has 0 saturated carbocycles. The van der Waals surface area contributed by atoms with Crippen LogP contribution in [-0.2, 0) is 11.8 Å². The van der Waals surface area contributed by atoms with Crippen molar-refractivity contribution in [3.05, 3.63) is 70.4 Å². The van der Waals surface area contributed by atoms with Gasteiger partial charge in [-0.2, -0.15) is 4.98 Å². The quantitative estimate of drug-likeness (QED) is 0.273. The molecule has 1 aromatic carbocycles. The van der Waals surface area contributed by atoms with Crippen LogP contribution in [0.25, 0.3) is 27.6 Å². The molecule has 0 spiro atoms. The van der Waals surface area contributed by atoms with Crippen LogP contribution in [0.1, 0.15) is 44.2 Å². The summed E-state index contributed by atoms with van der Waals surface area (Å²) in [5, 5.41) is 9.64. The van der Waals surface area contributed by atoms with Crippen LogP contribution in [-0.4, -0.2) is 72.2 Å². The number of carbonyl (C=O) groups is 1. The Balaban J connectivity index is 1.20. The summed E-state index contributed by atoms with van der Waals surface area (Å²) in [7, 11) is 1.89. The minimum atomic E-state index is -0.268. The lowest BCUT2D eigenvalue weighted by Crippen LogP contribution is -2.37.